The van der Waals surface area contributed by atoms with Crippen molar-refractivity contribution in [3.8, 4) is 11.5 Å². The smallest absolute Gasteiger partial charge is 0.319 e. The van der Waals surface area contributed by atoms with Crippen LogP contribution >= 0.6 is 0 Å². The van der Waals surface area contributed by atoms with Gasteiger partial charge < -0.3 is 24.6 Å². The minimum absolute atomic E-state index is 0.0541. The molecule has 148 valence electrons. The first-order valence-corrected chi connectivity index (χ1v) is 8.90. The molecule has 0 radical (unpaired) electrons. The summed E-state index contributed by atoms with van der Waals surface area (Å²) in [5, 5.41) is 2.88. The van der Waals surface area contributed by atoms with Crippen LogP contribution in [-0.4, -0.2) is 61.6 Å². The number of benzene rings is 1. The number of amides is 3. The molecular formula is C20H24N4O4. The van der Waals surface area contributed by atoms with Gasteiger partial charge in [-0.25, -0.2) is 4.79 Å². The standard InChI is InChI=1S/C20H24N4O4/c1-23(2)20(26)24-8-7-15-13(12-24)10-21-11-16(15)19(25)22-17-9-14(27-3)5-6-18(17)28-4/h5-6,9-11H,7-8,12H2,1-4H3,(H,22,25). The number of hydrogen-bond acceptors (Lipinski definition) is 5. The lowest BCUT2D eigenvalue weighted by atomic mass is 9.96. The molecule has 0 unspecified atom stereocenters. The molecule has 0 saturated heterocycles. The van der Waals surface area contributed by atoms with Crippen molar-refractivity contribution in [2.75, 3.05) is 40.2 Å². The van der Waals surface area contributed by atoms with E-state index in [2.05, 4.69) is 10.3 Å². The summed E-state index contributed by atoms with van der Waals surface area (Å²) in [6, 6.07) is 5.15. The van der Waals surface area contributed by atoms with Crippen molar-refractivity contribution in [3.05, 3.63) is 47.3 Å². The molecule has 3 rings (SSSR count). The average molecular weight is 384 g/mol. The Balaban J connectivity index is 1.85. The molecule has 1 aromatic heterocycles. The van der Waals surface area contributed by atoms with Crippen LogP contribution in [0, 0.1) is 0 Å². The molecule has 0 bridgehead atoms. The Bertz CT molecular complexity index is 898. The Labute approximate surface area is 164 Å². The number of carbonyl (C=O) groups is 2. The molecule has 0 aliphatic carbocycles. The number of anilines is 1. The number of pyridine rings is 1. The predicted molar refractivity (Wildman–Crippen MR) is 105 cm³/mol. The van der Waals surface area contributed by atoms with Crippen LogP contribution in [0.4, 0.5) is 10.5 Å². The Morgan fingerprint density at radius 2 is 1.96 bits per heavy atom. The molecule has 0 saturated carbocycles. The second kappa shape index (κ2) is 8.16. The van der Waals surface area contributed by atoms with Gasteiger partial charge in [-0.05, 0) is 29.7 Å². The minimum Gasteiger partial charge on any atom is -0.497 e. The predicted octanol–water partition coefficient (Wildman–Crippen LogP) is 2.39. The Morgan fingerprint density at radius 1 is 1.18 bits per heavy atom. The average Bonchev–Trinajstić information content (AvgIpc) is 2.72. The van der Waals surface area contributed by atoms with Crippen LogP contribution in [0.15, 0.2) is 30.6 Å². The highest BCUT2D eigenvalue weighted by atomic mass is 16.5. The Kier molecular flexibility index (Phi) is 5.67. The number of methoxy groups -OCH3 is 2. The van der Waals surface area contributed by atoms with Crippen molar-refractivity contribution in [1.82, 2.24) is 14.8 Å². The van der Waals surface area contributed by atoms with Crippen LogP contribution in [-0.2, 0) is 13.0 Å². The van der Waals surface area contributed by atoms with Gasteiger partial charge in [0.05, 0.1) is 25.5 Å². The van der Waals surface area contributed by atoms with E-state index >= 15 is 0 Å². The fourth-order valence-electron chi connectivity index (χ4n) is 3.24. The third kappa shape index (κ3) is 3.85. The van der Waals surface area contributed by atoms with Crippen molar-refractivity contribution in [2.24, 2.45) is 0 Å². The molecule has 1 N–H and O–H groups in total. The number of nitrogens with zero attached hydrogens (tertiary/aromatic N) is 3. The summed E-state index contributed by atoms with van der Waals surface area (Å²) in [6.45, 7) is 0.986. The third-order valence-electron chi connectivity index (χ3n) is 4.69. The fraction of sp³-hybridized carbons (Fsp3) is 0.350. The number of ether oxygens (including phenoxy) is 2. The van der Waals surface area contributed by atoms with Gasteiger partial charge in [-0.3, -0.25) is 9.78 Å². The summed E-state index contributed by atoms with van der Waals surface area (Å²) in [7, 11) is 6.55. The molecule has 3 amide bonds. The van der Waals surface area contributed by atoms with E-state index < -0.39 is 0 Å². The maximum Gasteiger partial charge on any atom is 0.319 e. The summed E-state index contributed by atoms with van der Waals surface area (Å²) >= 11 is 0. The number of urea groups is 1. The maximum absolute atomic E-state index is 12.9. The highest BCUT2D eigenvalue weighted by Crippen LogP contribution is 2.30. The largest absolute Gasteiger partial charge is 0.497 e. The molecule has 8 heteroatoms. The van der Waals surface area contributed by atoms with E-state index in [4.69, 9.17) is 9.47 Å². The van der Waals surface area contributed by atoms with Crippen molar-refractivity contribution >= 4 is 17.6 Å². The summed E-state index contributed by atoms with van der Waals surface area (Å²) < 4.78 is 10.5. The van der Waals surface area contributed by atoms with Gasteiger partial charge in [-0.2, -0.15) is 0 Å². The van der Waals surface area contributed by atoms with E-state index in [1.807, 2.05) is 0 Å². The topological polar surface area (TPSA) is 84.0 Å². The molecular weight excluding hydrogens is 360 g/mol. The van der Waals surface area contributed by atoms with Gasteiger partial charge in [0.25, 0.3) is 5.91 Å². The van der Waals surface area contributed by atoms with Crippen LogP contribution in [0.3, 0.4) is 0 Å². The highest BCUT2D eigenvalue weighted by Gasteiger charge is 2.26. The number of hydrogen-bond donors (Lipinski definition) is 1. The van der Waals surface area contributed by atoms with Crippen LogP contribution in [0.5, 0.6) is 11.5 Å². The third-order valence-corrected chi connectivity index (χ3v) is 4.69. The highest BCUT2D eigenvalue weighted by molar-refractivity contribution is 6.06. The lowest BCUT2D eigenvalue weighted by molar-refractivity contribution is 0.102. The van der Waals surface area contributed by atoms with Gasteiger partial charge in [0.1, 0.15) is 11.5 Å². The van der Waals surface area contributed by atoms with Crippen molar-refractivity contribution in [2.45, 2.75) is 13.0 Å². The van der Waals surface area contributed by atoms with E-state index in [0.717, 1.165) is 11.1 Å². The summed E-state index contributed by atoms with van der Waals surface area (Å²) in [5.74, 6) is 0.875. The van der Waals surface area contributed by atoms with E-state index in [0.29, 0.717) is 42.3 Å². The molecule has 1 aliphatic heterocycles. The summed E-state index contributed by atoms with van der Waals surface area (Å²) in [5.41, 5.74) is 2.81. The fourth-order valence-corrected chi connectivity index (χ4v) is 3.24. The first-order valence-electron chi connectivity index (χ1n) is 8.90. The Morgan fingerprint density at radius 3 is 2.64 bits per heavy atom. The van der Waals surface area contributed by atoms with Crippen LogP contribution in [0.25, 0.3) is 0 Å². The lowest BCUT2D eigenvalue weighted by Crippen LogP contribution is -2.42. The van der Waals surface area contributed by atoms with Gasteiger partial charge in [0, 0.05) is 45.6 Å². The number of fused-ring (bicyclic) bond motifs is 1. The second-order valence-corrected chi connectivity index (χ2v) is 6.69. The zero-order valence-electron chi connectivity index (χ0n) is 16.5. The SMILES string of the molecule is COc1ccc(OC)c(NC(=O)c2cncc3c2CCN(C(=O)N(C)C)C3)c1. The minimum atomic E-state index is -0.275. The van der Waals surface area contributed by atoms with Gasteiger partial charge in [-0.1, -0.05) is 0 Å². The van der Waals surface area contributed by atoms with Crippen LogP contribution in [0.1, 0.15) is 21.5 Å². The van der Waals surface area contributed by atoms with Gasteiger partial charge in [-0.15, -0.1) is 0 Å². The molecule has 1 aromatic carbocycles. The first-order chi connectivity index (χ1) is 13.4. The molecule has 0 spiro atoms. The zero-order chi connectivity index (χ0) is 20.3. The van der Waals surface area contributed by atoms with Crippen molar-refractivity contribution in [3.63, 3.8) is 0 Å². The van der Waals surface area contributed by atoms with Gasteiger partial charge >= 0.3 is 6.03 Å². The molecule has 8 nitrogen and oxygen atoms in total. The van der Waals surface area contributed by atoms with Gasteiger partial charge in [0.2, 0.25) is 0 Å². The van der Waals surface area contributed by atoms with Gasteiger partial charge in [0.15, 0.2) is 0 Å². The number of carbonyl (C=O) groups excluding carboxylic acids is 2. The first kappa shape index (κ1) is 19.5. The molecule has 1 aliphatic rings. The maximum atomic E-state index is 12.9. The van der Waals surface area contributed by atoms with E-state index in [1.54, 1.807) is 68.7 Å². The molecule has 0 fully saturated rings. The van der Waals surface area contributed by atoms with Crippen LogP contribution < -0.4 is 14.8 Å². The lowest BCUT2D eigenvalue weighted by Gasteiger charge is -2.31. The molecule has 0 atom stereocenters. The Hall–Kier alpha value is -3.29. The second-order valence-electron chi connectivity index (χ2n) is 6.69. The number of nitrogens with one attached hydrogen (secondary N) is 1. The zero-order valence-corrected chi connectivity index (χ0v) is 16.5. The summed E-state index contributed by atoms with van der Waals surface area (Å²) in [6.07, 6.45) is 3.87. The van der Waals surface area contributed by atoms with E-state index in [-0.39, 0.29) is 11.9 Å². The summed E-state index contributed by atoms with van der Waals surface area (Å²) in [4.78, 5) is 32.7. The normalized spacial score (nSPS) is 12.8. The molecule has 2 aromatic rings. The molecule has 2 heterocycles. The van der Waals surface area contributed by atoms with E-state index in [9.17, 15) is 9.59 Å². The van der Waals surface area contributed by atoms with E-state index in [1.165, 1.54) is 0 Å². The molecule has 28 heavy (non-hydrogen) atoms. The van der Waals surface area contributed by atoms with Crippen LogP contribution in [0.2, 0.25) is 0 Å². The number of aromatic nitrogens is 1. The quantitative estimate of drug-likeness (QED) is 0.875. The monoisotopic (exact) mass is 384 g/mol. The van der Waals surface area contributed by atoms with Crippen molar-refractivity contribution in [1.29, 1.82) is 0 Å². The van der Waals surface area contributed by atoms with Crippen molar-refractivity contribution < 1.29 is 19.1 Å². The number of rotatable bonds is 4.